The van der Waals surface area contributed by atoms with E-state index in [1.54, 1.807) is 0 Å². The molecule has 2 aromatic carbocycles. The quantitative estimate of drug-likeness (QED) is 0.588. The van der Waals surface area contributed by atoms with E-state index in [0.29, 0.717) is 0 Å². The first-order valence-corrected chi connectivity index (χ1v) is 9.68. The molecule has 0 aliphatic carbocycles. The predicted octanol–water partition coefficient (Wildman–Crippen LogP) is 0.908. The number of hydrogen-bond donors (Lipinski definition) is 0. The van der Waals surface area contributed by atoms with Crippen molar-refractivity contribution in [3.05, 3.63) is 71.8 Å². The van der Waals surface area contributed by atoms with E-state index in [4.69, 9.17) is 14.1 Å². The second-order valence-corrected chi connectivity index (χ2v) is 8.62. The summed E-state index contributed by atoms with van der Waals surface area (Å²) < 4.78 is 10.5. The lowest BCUT2D eigenvalue weighted by atomic mass is 10.2. The summed E-state index contributed by atoms with van der Waals surface area (Å²) in [6, 6.07) is 21.1. The van der Waals surface area contributed by atoms with Crippen molar-refractivity contribution in [3.63, 3.8) is 0 Å². The van der Waals surface area contributed by atoms with Crippen molar-refractivity contribution >= 4 is 9.17 Å². The van der Waals surface area contributed by atoms with Gasteiger partial charge >= 0.3 is 0 Å². The minimum atomic E-state index is -3.63. The Morgan fingerprint density at radius 3 is 1.08 bits per heavy atom. The molecule has 0 bridgehead atoms. The van der Waals surface area contributed by atoms with Crippen molar-refractivity contribution in [2.24, 2.45) is 0 Å². The van der Waals surface area contributed by atoms with Crippen molar-refractivity contribution in [2.75, 3.05) is 42.3 Å². The Morgan fingerprint density at radius 2 is 0.885 bits per heavy atom. The molecule has 0 radical (unpaired) electrons. The molecule has 144 valence electrons. The molecule has 0 heterocycles. The molecule has 0 saturated carbocycles. The first-order valence-electron chi connectivity index (χ1n) is 8.46. The Kier molecular flexibility index (Phi) is 10.7. The summed E-state index contributed by atoms with van der Waals surface area (Å²) in [7, 11) is 9.58. The number of benzene rings is 2. The molecule has 0 aliphatic rings. The Hall–Kier alpha value is -2.02. The van der Waals surface area contributed by atoms with Crippen LogP contribution in [-0.4, -0.2) is 60.4 Å². The summed E-state index contributed by atoms with van der Waals surface area (Å²) in [6.07, 6.45) is 0. The van der Waals surface area contributed by atoms with Gasteiger partial charge in [-0.05, 0) is 0 Å². The lowest BCUT2D eigenvalue weighted by molar-refractivity contribution is -0.884. The monoisotopic (exact) mass is 376 g/mol. The minimum absolute atomic E-state index is 0.990. The van der Waals surface area contributed by atoms with E-state index in [-0.39, 0.29) is 0 Å². The molecule has 2 rings (SSSR count). The fraction of sp³-hybridized carbons (Fsp3) is 0.400. The third kappa shape index (κ3) is 16.8. The molecule has 0 unspecified atom stereocenters. The van der Waals surface area contributed by atoms with Gasteiger partial charge in [0.2, 0.25) is 0 Å². The van der Waals surface area contributed by atoms with Crippen LogP contribution in [0, 0.1) is 0 Å². The first-order chi connectivity index (χ1) is 11.9. The standard InChI is InChI=1S/2C10H16N.O3Si/c2*1-11(2,3)9-10-7-5-4-6-8-10;1-4(2)3/h2*4-8H,9H2,1-3H3;/q2*+1;-2. The van der Waals surface area contributed by atoms with Crippen LogP contribution in [-0.2, 0) is 17.6 Å². The molecule has 0 amide bonds. The molecule has 5 nitrogen and oxygen atoms in total. The van der Waals surface area contributed by atoms with Gasteiger partial charge in [0.05, 0.1) is 42.3 Å². The normalized spacial score (nSPS) is 10.7. The fourth-order valence-corrected chi connectivity index (χ4v) is 2.26. The van der Waals surface area contributed by atoms with Crippen molar-refractivity contribution < 1.29 is 23.0 Å². The van der Waals surface area contributed by atoms with Gasteiger partial charge in [-0.2, -0.15) is 0 Å². The van der Waals surface area contributed by atoms with E-state index in [2.05, 4.69) is 103 Å². The van der Waals surface area contributed by atoms with Gasteiger partial charge in [0.15, 0.2) is 0 Å². The predicted molar refractivity (Wildman–Crippen MR) is 103 cm³/mol. The zero-order chi connectivity index (χ0) is 20.2. The maximum atomic E-state index is 8.52. The Labute approximate surface area is 159 Å². The van der Waals surface area contributed by atoms with Crippen LogP contribution >= 0.6 is 0 Å². The van der Waals surface area contributed by atoms with E-state index in [9.17, 15) is 0 Å². The van der Waals surface area contributed by atoms with Gasteiger partial charge in [0.25, 0.3) is 0 Å². The van der Waals surface area contributed by atoms with Crippen molar-refractivity contribution in [3.8, 4) is 0 Å². The van der Waals surface area contributed by atoms with Crippen LogP contribution in [0.3, 0.4) is 0 Å². The van der Waals surface area contributed by atoms with Crippen molar-refractivity contribution in [2.45, 2.75) is 13.1 Å². The van der Waals surface area contributed by atoms with Crippen molar-refractivity contribution in [1.29, 1.82) is 0 Å². The SMILES string of the molecule is C[N+](C)(C)Cc1ccccc1.C[N+](C)(C)Cc1ccccc1.O=[Si]([O-])[O-]. The number of rotatable bonds is 4. The molecule has 2 aromatic rings. The summed E-state index contributed by atoms with van der Waals surface area (Å²) in [6.45, 7) is 2.20. The highest BCUT2D eigenvalue weighted by molar-refractivity contribution is 6.17. The first kappa shape index (κ1) is 24.0. The average molecular weight is 377 g/mol. The Balaban J connectivity index is 0.000000401. The van der Waals surface area contributed by atoms with Crippen LogP contribution in [0.15, 0.2) is 60.7 Å². The molecule has 0 N–H and O–H groups in total. The molecular formula is C20H32N2O3Si. The molecule has 26 heavy (non-hydrogen) atoms. The van der Waals surface area contributed by atoms with E-state index >= 15 is 0 Å². The Morgan fingerprint density at radius 1 is 0.654 bits per heavy atom. The fourth-order valence-electron chi connectivity index (χ4n) is 2.26. The molecule has 0 aromatic heterocycles. The van der Waals surface area contributed by atoms with Gasteiger partial charge < -0.3 is 23.0 Å². The van der Waals surface area contributed by atoms with Gasteiger partial charge in [-0.3, -0.25) is 0 Å². The maximum absolute atomic E-state index is 8.52. The third-order valence-corrected chi connectivity index (χ3v) is 3.00. The van der Waals surface area contributed by atoms with Crippen LogP contribution in [0.1, 0.15) is 11.1 Å². The zero-order valence-electron chi connectivity index (χ0n) is 16.8. The highest BCUT2D eigenvalue weighted by atomic mass is 28.3. The highest BCUT2D eigenvalue weighted by Crippen LogP contribution is 2.05. The Bertz CT molecular complexity index is 565. The number of quaternary nitrogens is 2. The summed E-state index contributed by atoms with van der Waals surface area (Å²) in [5.74, 6) is 0. The second kappa shape index (κ2) is 11.6. The van der Waals surface area contributed by atoms with Gasteiger partial charge in [0.1, 0.15) is 13.1 Å². The highest BCUT2D eigenvalue weighted by Gasteiger charge is 2.07. The average Bonchev–Trinajstić information content (AvgIpc) is 2.46. The van der Waals surface area contributed by atoms with E-state index < -0.39 is 9.17 Å². The smallest absolute Gasteiger partial charge is 0.104 e. The third-order valence-electron chi connectivity index (χ3n) is 3.00. The number of nitrogens with zero attached hydrogens (tertiary/aromatic N) is 2. The van der Waals surface area contributed by atoms with Gasteiger partial charge in [-0.25, -0.2) is 0 Å². The van der Waals surface area contributed by atoms with Gasteiger partial charge in [0, 0.05) is 20.3 Å². The molecule has 0 fully saturated rings. The summed E-state index contributed by atoms with van der Waals surface area (Å²) in [5, 5.41) is 0. The van der Waals surface area contributed by atoms with Gasteiger partial charge in [-0.1, -0.05) is 60.7 Å². The van der Waals surface area contributed by atoms with Crippen LogP contribution < -0.4 is 9.59 Å². The number of hydrogen-bond acceptors (Lipinski definition) is 3. The van der Waals surface area contributed by atoms with Crippen LogP contribution in [0.5, 0.6) is 0 Å². The summed E-state index contributed by atoms with van der Waals surface area (Å²) in [5.41, 5.74) is 2.81. The van der Waals surface area contributed by atoms with E-state index in [0.717, 1.165) is 22.1 Å². The molecule has 0 saturated heterocycles. The lowest BCUT2D eigenvalue weighted by Crippen LogP contribution is -2.34. The lowest BCUT2D eigenvalue weighted by Gasteiger charge is -2.23. The second-order valence-electron chi connectivity index (χ2n) is 8.12. The van der Waals surface area contributed by atoms with E-state index in [1.807, 2.05) is 0 Å². The molecule has 0 aliphatic heterocycles. The molecule has 0 atom stereocenters. The van der Waals surface area contributed by atoms with Crippen LogP contribution in [0.4, 0.5) is 0 Å². The van der Waals surface area contributed by atoms with Gasteiger partial charge in [-0.15, -0.1) is 0 Å². The van der Waals surface area contributed by atoms with Crippen LogP contribution in [0.2, 0.25) is 0 Å². The maximum Gasteiger partial charge on any atom is 0.104 e. The molecule has 0 spiro atoms. The summed E-state index contributed by atoms with van der Waals surface area (Å²) in [4.78, 5) is 17.0. The topological polar surface area (TPSA) is 63.2 Å². The molecular weight excluding hydrogens is 344 g/mol. The van der Waals surface area contributed by atoms with Crippen molar-refractivity contribution in [1.82, 2.24) is 0 Å². The zero-order valence-corrected chi connectivity index (χ0v) is 17.8. The largest absolute Gasteiger partial charge is 0.672 e. The van der Waals surface area contributed by atoms with Crippen LogP contribution in [0.25, 0.3) is 0 Å². The molecule has 6 heteroatoms. The minimum Gasteiger partial charge on any atom is -0.672 e. The summed E-state index contributed by atoms with van der Waals surface area (Å²) >= 11 is 0. The van der Waals surface area contributed by atoms with E-state index in [1.165, 1.54) is 11.1 Å².